The van der Waals surface area contributed by atoms with Crippen molar-refractivity contribution in [3.05, 3.63) is 11.9 Å². The molecular weight excluding hydrogens is 330 g/mol. The van der Waals surface area contributed by atoms with E-state index in [1.165, 1.54) is 6.42 Å². The number of fused-ring (bicyclic) bond motifs is 3. The Morgan fingerprint density at radius 1 is 1.35 bits per heavy atom. The van der Waals surface area contributed by atoms with Crippen molar-refractivity contribution in [2.24, 2.45) is 11.8 Å². The Morgan fingerprint density at radius 2 is 2.12 bits per heavy atom. The van der Waals surface area contributed by atoms with Crippen LogP contribution >= 0.6 is 0 Å². The van der Waals surface area contributed by atoms with E-state index in [-0.39, 0.29) is 11.8 Å². The van der Waals surface area contributed by atoms with Gasteiger partial charge in [0.25, 0.3) is 0 Å². The molecule has 0 spiro atoms. The normalized spacial score (nSPS) is 33.2. The fraction of sp³-hybridized carbons (Fsp3) is 0.842. The maximum absolute atomic E-state index is 12.4. The van der Waals surface area contributed by atoms with Crippen molar-refractivity contribution in [1.29, 1.82) is 0 Å². The molecule has 2 bridgehead atoms. The number of hydrogen-bond acceptors (Lipinski definition) is 5. The Bertz CT molecular complexity index is 652. The van der Waals surface area contributed by atoms with E-state index in [4.69, 9.17) is 0 Å². The number of carbonyl (C=O) groups is 1. The van der Waals surface area contributed by atoms with Crippen molar-refractivity contribution in [2.45, 2.75) is 63.1 Å². The van der Waals surface area contributed by atoms with Crippen LogP contribution in [0.5, 0.6) is 0 Å². The highest BCUT2D eigenvalue weighted by atomic mass is 16.3. The van der Waals surface area contributed by atoms with Gasteiger partial charge in [0, 0.05) is 26.7 Å². The molecule has 1 saturated carbocycles. The average molecular weight is 361 g/mol. The summed E-state index contributed by atoms with van der Waals surface area (Å²) in [7, 11) is 3.70. The Hall–Kier alpha value is -1.47. The van der Waals surface area contributed by atoms with Crippen LogP contribution in [0.4, 0.5) is 0 Å². The summed E-state index contributed by atoms with van der Waals surface area (Å²) in [5, 5.41) is 19.4. The molecule has 26 heavy (non-hydrogen) atoms. The predicted molar refractivity (Wildman–Crippen MR) is 97.3 cm³/mol. The molecule has 1 unspecified atom stereocenters. The Balaban J connectivity index is 1.41. The highest BCUT2D eigenvalue weighted by Gasteiger charge is 2.44. The van der Waals surface area contributed by atoms with Gasteiger partial charge in [0.2, 0.25) is 5.91 Å². The highest BCUT2D eigenvalue weighted by molar-refractivity contribution is 5.79. The summed E-state index contributed by atoms with van der Waals surface area (Å²) in [6.07, 6.45) is 8.99. The number of rotatable bonds is 4. The number of aliphatic hydroxyl groups is 1. The third kappa shape index (κ3) is 3.27. The number of piperidine rings is 3. The predicted octanol–water partition coefficient (Wildman–Crippen LogP) is 1.23. The number of aromatic nitrogens is 3. The van der Waals surface area contributed by atoms with E-state index >= 15 is 0 Å². The van der Waals surface area contributed by atoms with Crippen LogP contribution in [0.3, 0.4) is 0 Å². The Labute approximate surface area is 155 Å². The first-order valence-electron chi connectivity index (χ1n) is 10.0. The minimum atomic E-state index is -0.786. The van der Waals surface area contributed by atoms with Crippen LogP contribution in [0, 0.1) is 11.8 Å². The summed E-state index contributed by atoms with van der Waals surface area (Å²) in [6.45, 7) is 2.72. The second-order valence-electron chi connectivity index (χ2n) is 8.69. The third-order valence-electron chi connectivity index (χ3n) is 6.73. The van der Waals surface area contributed by atoms with Gasteiger partial charge in [-0.05, 0) is 38.1 Å². The number of amides is 1. The molecule has 4 atom stereocenters. The number of nitrogens with zero attached hydrogens (tertiary/aromatic N) is 5. The van der Waals surface area contributed by atoms with Crippen LogP contribution in [-0.2, 0) is 16.9 Å². The molecule has 7 heteroatoms. The zero-order valence-electron chi connectivity index (χ0n) is 16.0. The zero-order chi connectivity index (χ0) is 18.3. The molecule has 3 aliphatic heterocycles. The SMILES string of the molecule is CN(C)C(=O)[C@@H]1CN2CC[C@H]1C[C@@H]2Cn1cc(C2(O)CCCCC2)nn1. The van der Waals surface area contributed by atoms with Gasteiger partial charge in [0.15, 0.2) is 0 Å². The van der Waals surface area contributed by atoms with Crippen LogP contribution in [0.15, 0.2) is 6.20 Å². The molecule has 1 aromatic heterocycles. The average Bonchev–Trinajstić information content (AvgIpc) is 3.11. The standard InChI is InChI=1S/C19H31N5O2/c1-22(2)18(25)16-12-23-9-6-14(16)10-15(23)11-24-13-17(20-21-24)19(26)7-4-3-5-8-19/h13-16,26H,3-12H2,1-2H3/t14-,15+,16+/m0/s1. The maximum Gasteiger partial charge on any atom is 0.226 e. The molecule has 4 fully saturated rings. The van der Waals surface area contributed by atoms with Gasteiger partial charge in [0.1, 0.15) is 11.3 Å². The zero-order valence-corrected chi connectivity index (χ0v) is 16.0. The largest absolute Gasteiger partial charge is 0.383 e. The van der Waals surface area contributed by atoms with Gasteiger partial charge in [-0.3, -0.25) is 14.4 Å². The summed E-state index contributed by atoms with van der Waals surface area (Å²) in [5.74, 6) is 0.885. The molecule has 1 amide bonds. The van der Waals surface area contributed by atoms with Gasteiger partial charge < -0.3 is 10.0 Å². The lowest BCUT2D eigenvalue weighted by Crippen LogP contribution is -2.57. The number of carbonyl (C=O) groups excluding carboxylic acids is 1. The van der Waals surface area contributed by atoms with Gasteiger partial charge in [-0.15, -0.1) is 5.10 Å². The minimum absolute atomic E-state index is 0.143. The topological polar surface area (TPSA) is 74.5 Å². The van der Waals surface area contributed by atoms with Gasteiger partial charge in [-0.1, -0.05) is 24.5 Å². The van der Waals surface area contributed by atoms with E-state index in [9.17, 15) is 9.90 Å². The molecule has 1 aromatic rings. The monoisotopic (exact) mass is 361 g/mol. The molecule has 0 radical (unpaired) electrons. The van der Waals surface area contributed by atoms with Crippen LogP contribution < -0.4 is 0 Å². The van der Waals surface area contributed by atoms with E-state index in [0.29, 0.717) is 12.0 Å². The Morgan fingerprint density at radius 3 is 2.77 bits per heavy atom. The van der Waals surface area contributed by atoms with Crippen LogP contribution in [-0.4, -0.2) is 69.0 Å². The molecule has 4 heterocycles. The summed E-state index contributed by atoms with van der Waals surface area (Å²) in [6, 6.07) is 0.413. The third-order valence-corrected chi connectivity index (χ3v) is 6.73. The second-order valence-corrected chi connectivity index (χ2v) is 8.69. The molecule has 144 valence electrons. The molecule has 1 aliphatic carbocycles. The van der Waals surface area contributed by atoms with Crippen molar-refractivity contribution < 1.29 is 9.90 Å². The van der Waals surface area contributed by atoms with Gasteiger partial charge in [-0.2, -0.15) is 0 Å². The fourth-order valence-electron chi connectivity index (χ4n) is 5.15. The van der Waals surface area contributed by atoms with E-state index in [1.807, 2.05) is 25.0 Å². The van der Waals surface area contributed by atoms with Gasteiger partial charge >= 0.3 is 0 Å². The summed E-state index contributed by atoms with van der Waals surface area (Å²) < 4.78 is 1.90. The molecule has 7 nitrogen and oxygen atoms in total. The molecule has 3 saturated heterocycles. The first kappa shape index (κ1) is 17.9. The molecule has 4 aliphatic rings. The lowest BCUT2D eigenvalue weighted by Gasteiger charge is -2.49. The maximum atomic E-state index is 12.4. The minimum Gasteiger partial charge on any atom is -0.383 e. The fourth-order valence-corrected chi connectivity index (χ4v) is 5.15. The van der Waals surface area contributed by atoms with Crippen molar-refractivity contribution in [3.8, 4) is 0 Å². The first-order valence-corrected chi connectivity index (χ1v) is 10.0. The van der Waals surface area contributed by atoms with Crippen molar-refractivity contribution in [1.82, 2.24) is 24.8 Å². The molecule has 0 aromatic carbocycles. The summed E-state index contributed by atoms with van der Waals surface area (Å²) in [4.78, 5) is 16.6. The summed E-state index contributed by atoms with van der Waals surface area (Å²) in [5.41, 5.74) is -0.0557. The lowest BCUT2D eigenvalue weighted by molar-refractivity contribution is -0.141. The Kier molecular flexibility index (Phi) is 4.77. The van der Waals surface area contributed by atoms with Crippen molar-refractivity contribution >= 4 is 5.91 Å². The second kappa shape index (κ2) is 6.93. The van der Waals surface area contributed by atoms with E-state index in [2.05, 4.69) is 15.2 Å². The van der Waals surface area contributed by atoms with E-state index in [0.717, 1.165) is 63.9 Å². The van der Waals surface area contributed by atoms with E-state index in [1.54, 1.807) is 4.90 Å². The van der Waals surface area contributed by atoms with E-state index < -0.39 is 5.60 Å². The number of hydrogen-bond donors (Lipinski definition) is 1. The van der Waals surface area contributed by atoms with Gasteiger partial charge in [0.05, 0.1) is 18.7 Å². The highest BCUT2D eigenvalue weighted by Crippen LogP contribution is 2.38. The quantitative estimate of drug-likeness (QED) is 0.873. The molecular formula is C19H31N5O2. The lowest BCUT2D eigenvalue weighted by atomic mass is 9.75. The van der Waals surface area contributed by atoms with Gasteiger partial charge in [-0.25, -0.2) is 0 Å². The smallest absolute Gasteiger partial charge is 0.226 e. The molecule has 1 N–H and O–H groups in total. The summed E-state index contributed by atoms with van der Waals surface area (Å²) >= 11 is 0. The first-order chi connectivity index (χ1) is 12.5. The van der Waals surface area contributed by atoms with Crippen molar-refractivity contribution in [2.75, 3.05) is 27.2 Å². The van der Waals surface area contributed by atoms with Crippen LogP contribution in [0.1, 0.15) is 50.6 Å². The molecule has 5 rings (SSSR count). The van der Waals surface area contributed by atoms with Crippen molar-refractivity contribution in [3.63, 3.8) is 0 Å². The van der Waals surface area contributed by atoms with Crippen LogP contribution in [0.25, 0.3) is 0 Å². The van der Waals surface area contributed by atoms with Crippen LogP contribution in [0.2, 0.25) is 0 Å².